The third-order valence-electron chi connectivity index (χ3n) is 7.01. The van der Waals surface area contributed by atoms with Gasteiger partial charge in [-0.3, -0.25) is 9.59 Å². The second-order valence-electron chi connectivity index (χ2n) is 9.95. The standard InChI is InChI=1S/C27H44F8O4/c1-4-7-8-9-10-11-12-13-14-15-16-17-18-19-38-22(36)24(5-2,6-3)23(37)39-20-25(30,31)27(34,35)26(32,33)21(28)29/h21H,4-20H2,1-3H3. The molecule has 0 unspecified atom stereocenters. The van der Waals surface area contributed by atoms with Gasteiger partial charge in [0.05, 0.1) is 6.61 Å². The first kappa shape index (κ1) is 37.4. The summed E-state index contributed by atoms with van der Waals surface area (Å²) in [6.45, 7) is 2.16. The average molecular weight is 585 g/mol. The van der Waals surface area contributed by atoms with Crippen molar-refractivity contribution in [2.45, 2.75) is 141 Å². The van der Waals surface area contributed by atoms with Crippen LogP contribution in [-0.2, 0) is 19.1 Å². The van der Waals surface area contributed by atoms with Gasteiger partial charge in [-0.15, -0.1) is 0 Å². The molecule has 0 spiro atoms. The minimum Gasteiger partial charge on any atom is -0.465 e. The van der Waals surface area contributed by atoms with Crippen LogP contribution in [0.5, 0.6) is 0 Å². The van der Waals surface area contributed by atoms with Crippen LogP contribution in [0.2, 0.25) is 0 Å². The summed E-state index contributed by atoms with van der Waals surface area (Å²) >= 11 is 0. The van der Waals surface area contributed by atoms with Crippen LogP contribution in [0.4, 0.5) is 35.1 Å². The smallest absolute Gasteiger partial charge is 0.381 e. The maximum absolute atomic E-state index is 13.8. The van der Waals surface area contributed by atoms with Gasteiger partial charge in [-0.25, -0.2) is 8.78 Å². The predicted molar refractivity (Wildman–Crippen MR) is 131 cm³/mol. The zero-order valence-electron chi connectivity index (χ0n) is 23.3. The number of ether oxygens (including phenoxy) is 2. The average Bonchev–Trinajstić information content (AvgIpc) is 2.88. The molecule has 0 N–H and O–H groups in total. The lowest BCUT2D eigenvalue weighted by molar-refractivity contribution is -0.344. The molecule has 0 aliphatic carbocycles. The lowest BCUT2D eigenvalue weighted by Crippen LogP contribution is -2.59. The van der Waals surface area contributed by atoms with E-state index in [1.54, 1.807) is 0 Å². The zero-order chi connectivity index (χ0) is 30.2. The monoisotopic (exact) mass is 584 g/mol. The molecule has 0 rings (SSSR count). The third kappa shape index (κ3) is 11.1. The Morgan fingerprint density at radius 1 is 0.615 bits per heavy atom. The molecule has 0 aromatic heterocycles. The third-order valence-corrected chi connectivity index (χ3v) is 7.01. The molecule has 4 nitrogen and oxygen atoms in total. The summed E-state index contributed by atoms with van der Waals surface area (Å²) in [5.41, 5.74) is -2.13. The van der Waals surface area contributed by atoms with E-state index in [9.17, 15) is 44.7 Å². The van der Waals surface area contributed by atoms with E-state index in [1.165, 1.54) is 58.8 Å². The fourth-order valence-corrected chi connectivity index (χ4v) is 4.10. The Balaban J connectivity index is 4.56. The number of carbonyl (C=O) groups excluding carboxylic acids is 2. The van der Waals surface area contributed by atoms with Gasteiger partial charge < -0.3 is 9.47 Å². The number of esters is 2. The second-order valence-corrected chi connectivity index (χ2v) is 9.95. The van der Waals surface area contributed by atoms with E-state index in [0.29, 0.717) is 6.42 Å². The van der Waals surface area contributed by atoms with Gasteiger partial charge in [0.2, 0.25) is 0 Å². The highest BCUT2D eigenvalue weighted by atomic mass is 19.4. The molecule has 0 atom stereocenters. The topological polar surface area (TPSA) is 52.6 Å². The van der Waals surface area contributed by atoms with Crippen LogP contribution in [0.3, 0.4) is 0 Å². The van der Waals surface area contributed by atoms with E-state index in [2.05, 4.69) is 11.7 Å². The molecule has 0 aromatic carbocycles. The first-order valence-corrected chi connectivity index (χ1v) is 13.9. The second kappa shape index (κ2) is 17.9. The van der Waals surface area contributed by atoms with E-state index in [4.69, 9.17) is 4.74 Å². The van der Waals surface area contributed by atoms with E-state index in [-0.39, 0.29) is 19.4 Å². The molecule has 0 heterocycles. The van der Waals surface area contributed by atoms with Crippen LogP contribution in [0.15, 0.2) is 0 Å². The van der Waals surface area contributed by atoms with Gasteiger partial charge >= 0.3 is 36.1 Å². The lowest BCUT2D eigenvalue weighted by atomic mass is 9.82. The number of rotatable bonds is 23. The molecule has 0 saturated carbocycles. The predicted octanol–water partition coefficient (Wildman–Crippen LogP) is 9.14. The van der Waals surface area contributed by atoms with Gasteiger partial charge in [0.25, 0.3) is 0 Å². The van der Waals surface area contributed by atoms with Crippen molar-refractivity contribution in [3.8, 4) is 0 Å². The molecule has 0 saturated heterocycles. The Kier molecular flexibility index (Phi) is 17.2. The van der Waals surface area contributed by atoms with Crippen LogP contribution in [0.25, 0.3) is 0 Å². The number of unbranched alkanes of at least 4 members (excludes halogenated alkanes) is 12. The van der Waals surface area contributed by atoms with Crippen LogP contribution >= 0.6 is 0 Å². The van der Waals surface area contributed by atoms with Crippen molar-refractivity contribution in [1.82, 2.24) is 0 Å². The minimum atomic E-state index is -6.51. The molecule has 0 bridgehead atoms. The Labute approximate surface area is 226 Å². The molecule has 12 heteroatoms. The summed E-state index contributed by atoms with van der Waals surface area (Å²) in [5, 5.41) is 0. The first-order valence-electron chi connectivity index (χ1n) is 13.9. The van der Waals surface area contributed by atoms with Crippen LogP contribution in [-0.4, -0.2) is 49.3 Å². The highest BCUT2D eigenvalue weighted by molar-refractivity contribution is 6.00. The van der Waals surface area contributed by atoms with Crippen LogP contribution in [0, 0.1) is 5.41 Å². The van der Waals surface area contributed by atoms with Gasteiger partial charge in [-0.05, 0) is 19.3 Å². The summed E-state index contributed by atoms with van der Waals surface area (Å²) in [5.74, 6) is -21.5. The van der Waals surface area contributed by atoms with Gasteiger partial charge in [-0.1, -0.05) is 97.8 Å². The largest absolute Gasteiger partial charge is 0.465 e. The summed E-state index contributed by atoms with van der Waals surface area (Å²) in [7, 11) is 0. The fraction of sp³-hybridized carbons (Fsp3) is 0.926. The van der Waals surface area contributed by atoms with E-state index in [1.807, 2.05) is 0 Å². The first-order chi connectivity index (χ1) is 18.2. The molecule has 39 heavy (non-hydrogen) atoms. The van der Waals surface area contributed by atoms with Gasteiger partial charge in [0, 0.05) is 0 Å². The molecule has 0 radical (unpaired) electrons. The minimum absolute atomic E-state index is 0.0690. The molecular formula is C27H44F8O4. The highest BCUT2D eigenvalue weighted by Gasteiger charge is 2.75. The molecule has 0 aliphatic heterocycles. The molecule has 0 fully saturated rings. The molecule has 0 aliphatic rings. The van der Waals surface area contributed by atoms with Crippen LogP contribution in [0.1, 0.15) is 117 Å². The lowest BCUT2D eigenvalue weighted by Gasteiger charge is -2.33. The van der Waals surface area contributed by atoms with Crippen molar-refractivity contribution >= 4 is 11.9 Å². The van der Waals surface area contributed by atoms with Gasteiger partial charge in [0.15, 0.2) is 12.0 Å². The molecular weight excluding hydrogens is 540 g/mol. The van der Waals surface area contributed by atoms with Crippen molar-refractivity contribution in [3.63, 3.8) is 0 Å². The maximum atomic E-state index is 13.8. The number of halogens is 8. The molecule has 0 amide bonds. The summed E-state index contributed by atoms with van der Waals surface area (Å²) < 4.78 is 114. The Morgan fingerprint density at radius 2 is 1.00 bits per heavy atom. The molecule has 232 valence electrons. The number of hydrogen-bond donors (Lipinski definition) is 0. The van der Waals surface area contributed by atoms with Crippen molar-refractivity contribution in [2.75, 3.05) is 13.2 Å². The number of alkyl halides is 8. The van der Waals surface area contributed by atoms with Crippen molar-refractivity contribution in [3.05, 3.63) is 0 Å². The zero-order valence-corrected chi connectivity index (χ0v) is 23.3. The number of carbonyl (C=O) groups is 2. The highest BCUT2D eigenvalue weighted by Crippen LogP contribution is 2.48. The van der Waals surface area contributed by atoms with E-state index < -0.39 is 48.2 Å². The normalized spacial score (nSPS) is 13.1. The quantitative estimate of drug-likeness (QED) is 0.0520. The van der Waals surface area contributed by atoms with Crippen molar-refractivity contribution in [2.24, 2.45) is 5.41 Å². The summed E-state index contributed by atoms with van der Waals surface area (Å²) in [6, 6.07) is 0. The van der Waals surface area contributed by atoms with Crippen molar-refractivity contribution < 1.29 is 54.2 Å². The van der Waals surface area contributed by atoms with Crippen molar-refractivity contribution in [1.29, 1.82) is 0 Å². The maximum Gasteiger partial charge on any atom is 0.381 e. The van der Waals surface area contributed by atoms with Crippen LogP contribution < -0.4 is 0 Å². The number of hydrogen-bond acceptors (Lipinski definition) is 4. The SMILES string of the molecule is CCCCCCCCCCCCCCCOC(=O)C(CC)(CC)C(=O)OCC(F)(F)C(F)(F)C(F)(F)C(F)F. The van der Waals surface area contributed by atoms with E-state index in [0.717, 1.165) is 32.1 Å². The fourth-order valence-electron chi connectivity index (χ4n) is 4.10. The van der Waals surface area contributed by atoms with Gasteiger partial charge in [0.1, 0.15) is 0 Å². The summed E-state index contributed by atoms with van der Waals surface area (Å²) in [6.07, 6.45) is 8.51. The van der Waals surface area contributed by atoms with Gasteiger partial charge in [-0.2, -0.15) is 26.3 Å². The molecule has 0 aromatic rings. The Hall–Kier alpha value is -1.62. The Morgan fingerprint density at radius 3 is 1.38 bits per heavy atom. The van der Waals surface area contributed by atoms with E-state index >= 15 is 0 Å². The summed E-state index contributed by atoms with van der Waals surface area (Å²) in [4.78, 5) is 25.0. The Bertz CT molecular complexity index is 697.